The monoisotopic (exact) mass is 393 g/mol. The summed E-state index contributed by atoms with van der Waals surface area (Å²) in [6.45, 7) is 10.1. The third-order valence-electron chi connectivity index (χ3n) is 4.58. The molecule has 0 radical (unpaired) electrons. The third kappa shape index (κ3) is 6.48. The van der Waals surface area contributed by atoms with Gasteiger partial charge in [-0.3, -0.25) is 9.36 Å². The molecule has 0 spiro atoms. The average Bonchev–Trinajstić information content (AvgIpc) is 3.29. The fraction of sp³-hybridized carbons (Fsp3) is 0.409. The molecule has 7 heteroatoms. The van der Waals surface area contributed by atoms with Crippen molar-refractivity contribution in [3.05, 3.63) is 71.3 Å². The molecule has 0 saturated carbocycles. The molecule has 2 aromatic heterocycles. The molecule has 0 amide bonds. The van der Waals surface area contributed by atoms with Gasteiger partial charge in [0, 0.05) is 37.1 Å². The van der Waals surface area contributed by atoms with Gasteiger partial charge in [-0.1, -0.05) is 30.3 Å². The summed E-state index contributed by atoms with van der Waals surface area (Å²) in [6, 6.07) is 12.5. The summed E-state index contributed by atoms with van der Waals surface area (Å²) in [6.07, 6.45) is 4.93. The number of hydrogen-bond donors (Lipinski definition) is 2. The fourth-order valence-corrected chi connectivity index (χ4v) is 3.19. The van der Waals surface area contributed by atoms with Crippen molar-refractivity contribution in [2.45, 2.75) is 46.8 Å². The van der Waals surface area contributed by atoms with E-state index in [0.717, 1.165) is 49.8 Å². The van der Waals surface area contributed by atoms with Crippen LogP contribution in [0.25, 0.3) is 0 Å². The van der Waals surface area contributed by atoms with Crippen LogP contribution < -0.4 is 10.6 Å². The number of rotatable bonds is 9. The number of aryl methyl sites for hydroxylation is 3. The number of aliphatic imine (C=N–C) groups is 1. The third-order valence-corrected chi connectivity index (χ3v) is 4.58. The highest BCUT2D eigenvalue weighted by Gasteiger charge is 2.03. The lowest BCUT2D eigenvalue weighted by atomic mass is 10.2. The zero-order chi connectivity index (χ0) is 20.5. The van der Waals surface area contributed by atoms with Crippen molar-refractivity contribution >= 4 is 5.96 Å². The van der Waals surface area contributed by atoms with Crippen LogP contribution in [0.2, 0.25) is 0 Å². The molecule has 2 N–H and O–H groups in total. The molecule has 3 rings (SSSR count). The van der Waals surface area contributed by atoms with Gasteiger partial charge in [0.2, 0.25) is 0 Å². The van der Waals surface area contributed by atoms with Crippen molar-refractivity contribution in [2.75, 3.05) is 13.1 Å². The highest BCUT2D eigenvalue weighted by molar-refractivity contribution is 5.79. The van der Waals surface area contributed by atoms with Crippen molar-refractivity contribution in [3.8, 4) is 0 Å². The Bertz CT molecular complexity index is 908. The smallest absolute Gasteiger partial charge is 0.191 e. The quantitative estimate of drug-likeness (QED) is 0.333. The van der Waals surface area contributed by atoms with E-state index in [1.807, 2.05) is 36.0 Å². The first kappa shape index (κ1) is 20.6. The van der Waals surface area contributed by atoms with Gasteiger partial charge in [0.1, 0.15) is 0 Å². The van der Waals surface area contributed by atoms with E-state index in [4.69, 9.17) is 0 Å². The van der Waals surface area contributed by atoms with Crippen molar-refractivity contribution in [1.29, 1.82) is 0 Å². The van der Waals surface area contributed by atoms with E-state index in [0.29, 0.717) is 6.54 Å². The number of guanidine groups is 1. The van der Waals surface area contributed by atoms with Crippen LogP contribution in [0.1, 0.15) is 35.9 Å². The minimum atomic E-state index is 0.599. The lowest BCUT2D eigenvalue weighted by molar-refractivity contribution is 0.555. The second-order valence-corrected chi connectivity index (χ2v) is 7.16. The zero-order valence-electron chi connectivity index (χ0n) is 17.6. The lowest BCUT2D eigenvalue weighted by Gasteiger charge is -2.11. The molecule has 7 nitrogen and oxygen atoms in total. The standard InChI is InChI=1S/C22H31N7/c1-4-23-22(24-11-8-12-29-19(3)13-18(2)27-29)25-14-21-15-26-28(17-21)16-20-9-6-5-7-10-20/h5-7,9-10,13,15,17H,4,8,11-12,14,16H2,1-3H3,(H2,23,24,25). The van der Waals surface area contributed by atoms with E-state index in [1.54, 1.807) is 0 Å². The topological polar surface area (TPSA) is 72.1 Å². The normalized spacial score (nSPS) is 11.6. The lowest BCUT2D eigenvalue weighted by Crippen LogP contribution is -2.38. The Hall–Kier alpha value is -3.09. The summed E-state index contributed by atoms with van der Waals surface area (Å²) in [5, 5.41) is 15.7. The Morgan fingerprint density at radius 1 is 1.10 bits per heavy atom. The molecule has 0 saturated heterocycles. The molecule has 0 bridgehead atoms. The molecule has 0 aliphatic heterocycles. The maximum absolute atomic E-state index is 4.69. The van der Waals surface area contributed by atoms with Gasteiger partial charge < -0.3 is 10.6 Å². The highest BCUT2D eigenvalue weighted by atomic mass is 15.3. The maximum atomic E-state index is 4.69. The van der Waals surface area contributed by atoms with Gasteiger partial charge in [0.25, 0.3) is 0 Å². The minimum Gasteiger partial charge on any atom is -0.357 e. The zero-order valence-corrected chi connectivity index (χ0v) is 17.6. The van der Waals surface area contributed by atoms with Crippen LogP contribution in [-0.2, 0) is 19.6 Å². The number of hydrogen-bond acceptors (Lipinski definition) is 3. The van der Waals surface area contributed by atoms with Gasteiger partial charge >= 0.3 is 0 Å². The van der Waals surface area contributed by atoms with Gasteiger partial charge in [-0.2, -0.15) is 10.2 Å². The van der Waals surface area contributed by atoms with Crippen LogP contribution in [0.5, 0.6) is 0 Å². The van der Waals surface area contributed by atoms with Crippen molar-refractivity contribution in [3.63, 3.8) is 0 Å². The summed E-state index contributed by atoms with van der Waals surface area (Å²) in [5.74, 6) is 0.830. The summed E-state index contributed by atoms with van der Waals surface area (Å²) in [7, 11) is 0. The number of benzene rings is 1. The SMILES string of the molecule is CCNC(=NCc1cnn(Cc2ccccc2)c1)NCCCn1nc(C)cc1C. The number of nitrogens with one attached hydrogen (secondary N) is 2. The molecule has 0 unspecified atom stereocenters. The summed E-state index contributed by atoms with van der Waals surface area (Å²) in [5.41, 5.74) is 4.61. The van der Waals surface area contributed by atoms with Crippen LogP contribution in [-0.4, -0.2) is 38.6 Å². The Morgan fingerprint density at radius 2 is 1.93 bits per heavy atom. The molecular formula is C22H31N7. The van der Waals surface area contributed by atoms with Crippen LogP contribution in [0.3, 0.4) is 0 Å². The summed E-state index contributed by atoms with van der Waals surface area (Å²) in [4.78, 5) is 4.69. The molecule has 29 heavy (non-hydrogen) atoms. The van der Waals surface area contributed by atoms with Crippen LogP contribution in [0, 0.1) is 13.8 Å². The van der Waals surface area contributed by atoms with Gasteiger partial charge in [-0.25, -0.2) is 4.99 Å². The first-order chi connectivity index (χ1) is 14.1. The van der Waals surface area contributed by atoms with E-state index >= 15 is 0 Å². The molecule has 0 atom stereocenters. The Kier molecular flexibility index (Phi) is 7.44. The van der Waals surface area contributed by atoms with Gasteiger partial charge in [0.05, 0.1) is 25.0 Å². The second-order valence-electron chi connectivity index (χ2n) is 7.16. The molecule has 1 aromatic carbocycles. The summed E-state index contributed by atoms with van der Waals surface area (Å²) < 4.78 is 4.01. The Labute approximate surface area is 172 Å². The van der Waals surface area contributed by atoms with Crippen molar-refractivity contribution in [2.24, 2.45) is 4.99 Å². The maximum Gasteiger partial charge on any atom is 0.191 e. The number of aromatic nitrogens is 4. The Balaban J connectivity index is 1.48. The molecule has 154 valence electrons. The number of nitrogens with zero attached hydrogens (tertiary/aromatic N) is 5. The van der Waals surface area contributed by atoms with E-state index in [1.165, 1.54) is 11.3 Å². The molecule has 3 aromatic rings. The van der Waals surface area contributed by atoms with E-state index in [9.17, 15) is 0 Å². The van der Waals surface area contributed by atoms with E-state index < -0.39 is 0 Å². The first-order valence-corrected chi connectivity index (χ1v) is 10.2. The van der Waals surface area contributed by atoms with Crippen LogP contribution in [0.4, 0.5) is 0 Å². The first-order valence-electron chi connectivity index (χ1n) is 10.2. The van der Waals surface area contributed by atoms with E-state index in [2.05, 4.69) is 68.7 Å². The van der Waals surface area contributed by atoms with Crippen molar-refractivity contribution < 1.29 is 0 Å². The average molecular weight is 394 g/mol. The van der Waals surface area contributed by atoms with Gasteiger partial charge in [-0.15, -0.1) is 0 Å². The van der Waals surface area contributed by atoms with Gasteiger partial charge in [0.15, 0.2) is 5.96 Å². The molecule has 0 aliphatic carbocycles. The Morgan fingerprint density at radius 3 is 2.66 bits per heavy atom. The van der Waals surface area contributed by atoms with Crippen LogP contribution in [0.15, 0.2) is 53.8 Å². The molecular weight excluding hydrogens is 362 g/mol. The van der Waals surface area contributed by atoms with E-state index in [-0.39, 0.29) is 0 Å². The molecule has 0 fully saturated rings. The predicted octanol–water partition coefficient (Wildman–Crippen LogP) is 2.89. The molecule has 0 aliphatic rings. The van der Waals surface area contributed by atoms with Crippen molar-refractivity contribution in [1.82, 2.24) is 30.2 Å². The second kappa shape index (κ2) is 10.5. The summed E-state index contributed by atoms with van der Waals surface area (Å²) >= 11 is 0. The predicted molar refractivity (Wildman–Crippen MR) is 117 cm³/mol. The largest absolute Gasteiger partial charge is 0.357 e. The highest BCUT2D eigenvalue weighted by Crippen LogP contribution is 2.05. The minimum absolute atomic E-state index is 0.599. The van der Waals surface area contributed by atoms with Crippen LogP contribution >= 0.6 is 0 Å². The fourth-order valence-electron chi connectivity index (χ4n) is 3.19. The van der Waals surface area contributed by atoms with Gasteiger partial charge in [-0.05, 0) is 38.8 Å². The molecule has 2 heterocycles.